The molecular weight excluding hydrogens is 392 g/mol. The first kappa shape index (κ1) is 21.6. The standard InChI is InChI=1S/C18H23F2N3O2S2/c1-23(2)9-8-13(12-26-14-6-4-3-5-7-14)22-18-16(19)10-15(11-17(18)20)27(21,24)25/h3-7,10-11,13,22H,8-9,12H2,1-2H3,(H2,21,24,25). The first-order valence-corrected chi connectivity index (χ1v) is 10.8. The Balaban J connectivity index is 2.18. The molecule has 1 unspecified atom stereocenters. The summed E-state index contributed by atoms with van der Waals surface area (Å²) in [7, 11) is -0.339. The van der Waals surface area contributed by atoms with Gasteiger partial charge in [-0.25, -0.2) is 22.3 Å². The smallest absolute Gasteiger partial charge is 0.238 e. The summed E-state index contributed by atoms with van der Waals surface area (Å²) in [5.41, 5.74) is -0.347. The van der Waals surface area contributed by atoms with Crippen molar-refractivity contribution in [2.24, 2.45) is 5.14 Å². The first-order chi connectivity index (χ1) is 12.7. The van der Waals surface area contributed by atoms with Crippen LogP contribution in [0.5, 0.6) is 0 Å². The van der Waals surface area contributed by atoms with Gasteiger partial charge in [0.05, 0.1) is 4.90 Å². The third kappa shape index (κ3) is 6.76. The van der Waals surface area contributed by atoms with Crippen LogP contribution in [0.2, 0.25) is 0 Å². The monoisotopic (exact) mass is 415 g/mol. The topological polar surface area (TPSA) is 75.4 Å². The quantitative estimate of drug-likeness (QED) is 0.616. The summed E-state index contributed by atoms with van der Waals surface area (Å²) in [4.78, 5) is 2.45. The Morgan fingerprint density at radius 3 is 2.26 bits per heavy atom. The van der Waals surface area contributed by atoms with E-state index in [1.165, 1.54) is 0 Å². The number of sulfonamides is 1. The Morgan fingerprint density at radius 1 is 1.15 bits per heavy atom. The van der Waals surface area contributed by atoms with Gasteiger partial charge in [-0.15, -0.1) is 11.8 Å². The molecule has 2 rings (SSSR count). The van der Waals surface area contributed by atoms with Crippen LogP contribution < -0.4 is 10.5 Å². The summed E-state index contributed by atoms with van der Waals surface area (Å²) < 4.78 is 51.3. The Morgan fingerprint density at radius 2 is 1.74 bits per heavy atom. The van der Waals surface area contributed by atoms with E-state index in [0.29, 0.717) is 12.2 Å². The minimum absolute atomic E-state index is 0.220. The largest absolute Gasteiger partial charge is 0.377 e. The molecule has 5 nitrogen and oxygen atoms in total. The van der Waals surface area contributed by atoms with Crippen LogP contribution in [-0.4, -0.2) is 45.8 Å². The lowest BCUT2D eigenvalue weighted by molar-refractivity contribution is 0.391. The fourth-order valence-electron chi connectivity index (χ4n) is 2.38. The summed E-state index contributed by atoms with van der Waals surface area (Å²) in [6, 6.07) is 10.9. The van der Waals surface area contributed by atoms with E-state index < -0.39 is 26.6 Å². The van der Waals surface area contributed by atoms with Gasteiger partial charge >= 0.3 is 0 Å². The number of anilines is 1. The van der Waals surface area contributed by atoms with Gasteiger partial charge in [-0.3, -0.25) is 0 Å². The number of hydrogen-bond donors (Lipinski definition) is 2. The summed E-state index contributed by atoms with van der Waals surface area (Å²) in [5, 5.41) is 7.84. The molecule has 27 heavy (non-hydrogen) atoms. The number of nitrogens with zero attached hydrogens (tertiary/aromatic N) is 1. The average molecular weight is 416 g/mol. The van der Waals surface area contributed by atoms with Crippen molar-refractivity contribution in [2.75, 3.05) is 31.7 Å². The minimum atomic E-state index is -4.18. The molecule has 2 aromatic carbocycles. The lowest BCUT2D eigenvalue weighted by Crippen LogP contribution is -2.28. The maximum Gasteiger partial charge on any atom is 0.238 e. The van der Waals surface area contributed by atoms with Crippen LogP contribution in [0, 0.1) is 11.6 Å². The van der Waals surface area contributed by atoms with Gasteiger partial charge < -0.3 is 10.2 Å². The number of halogens is 2. The maximum atomic E-state index is 14.3. The number of nitrogens with two attached hydrogens (primary N) is 1. The average Bonchev–Trinajstić information content (AvgIpc) is 2.59. The summed E-state index contributed by atoms with van der Waals surface area (Å²) in [6.07, 6.45) is 0.655. The molecule has 0 heterocycles. The second-order valence-corrected chi connectivity index (χ2v) is 9.02. The van der Waals surface area contributed by atoms with Crippen LogP contribution >= 0.6 is 11.8 Å². The Hall–Kier alpha value is -1.68. The number of primary sulfonamides is 1. The zero-order valence-corrected chi connectivity index (χ0v) is 16.8. The van der Waals surface area contributed by atoms with E-state index in [9.17, 15) is 17.2 Å². The maximum absolute atomic E-state index is 14.3. The van der Waals surface area contributed by atoms with E-state index in [4.69, 9.17) is 5.14 Å². The predicted molar refractivity (Wildman–Crippen MR) is 105 cm³/mol. The third-order valence-electron chi connectivity index (χ3n) is 3.81. The third-order valence-corrected chi connectivity index (χ3v) is 5.88. The van der Waals surface area contributed by atoms with E-state index >= 15 is 0 Å². The molecule has 0 radical (unpaired) electrons. The SMILES string of the molecule is CN(C)CCC(CSc1ccccc1)Nc1c(F)cc(S(N)(=O)=O)cc1F. The van der Waals surface area contributed by atoms with Crippen LogP contribution in [0.4, 0.5) is 14.5 Å². The van der Waals surface area contributed by atoms with Crippen LogP contribution in [-0.2, 0) is 10.0 Å². The summed E-state index contributed by atoms with van der Waals surface area (Å²) >= 11 is 1.58. The van der Waals surface area contributed by atoms with Crippen molar-refractivity contribution in [2.45, 2.75) is 22.3 Å². The zero-order valence-electron chi connectivity index (χ0n) is 15.2. The second-order valence-electron chi connectivity index (χ2n) is 6.36. The number of nitrogens with one attached hydrogen (secondary N) is 1. The molecule has 2 aromatic rings. The Bertz CT molecular complexity index is 839. The summed E-state index contributed by atoms with van der Waals surface area (Å²) in [6.45, 7) is 0.728. The second kappa shape index (κ2) is 9.50. The molecule has 0 aliphatic carbocycles. The number of thioether (sulfide) groups is 1. The van der Waals surface area contributed by atoms with E-state index in [0.717, 1.165) is 23.6 Å². The highest BCUT2D eigenvalue weighted by molar-refractivity contribution is 7.99. The Labute approximate surface area is 163 Å². The van der Waals surface area contributed by atoms with E-state index in [1.807, 2.05) is 49.3 Å². The molecular formula is C18H23F2N3O2S2. The molecule has 0 amide bonds. The van der Waals surface area contributed by atoms with E-state index in [2.05, 4.69) is 5.32 Å². The van der Waals surface area contributed by atoms with Gasteiger partial charge in [0.25, 0.3) is 0 Å². The van der Waals surface area contributed by atoms with Crippen LogP contribution in [0.25, 0.3) is 0 Å². The highest BCUT2D eigenvalue weighted by Crippen LogP contribution is 2.26. The van der Waals surface area contributed by atoms with Crippen molar-refractivity contribution in [1.82, 2.24) is 4.90 Å². The normalized spacial score (nSPS) is 13.0. The molecule has 9 heteroatoms. The lowest BCUT2D eigenvalue weighted by Gasteiger charge is -2.22. The number of rotatable bonds is 9. The highest BCUT2D eigenvalue weighted by atomic mass is 32.2. The van der Waals surface area contributed by atoms with Crippen molar-refractivity contribution in [3.8, 4) is 0 Å². The molecule has 0 bridgehead atoms. The van der Waals surface area contributed by atoms with Gasteiger partial charge in [0.2, 0.25) is 10.0 Å². The van der Waals surface area contributed by atoms with Crippen molar-refractivity contribution >= 4 is 27.5 Å². The van der Waals surface area contributed by atoms with Crippen molar-refractivity contribution < 1.29 is 17.2 Å². The number of benzene rings is 2. The van der Waals surface area contributed by atoms with Crippen molar-refractivity contribution in [3.05, 3.63) is 54.1 Å². The first-order valence-electron chi connectivity index (χ1n) is 8.28. The van der Waals surface area contributed by atoms with Crippen molar-refractivity contribution in [3.63, 3.8) is 0 Å². The van der Waals surface area contributed by atoms with Crippen LogP contribution in [0.1, 0.15) is 6.42 Å². The van der Waals surface area contributed by atoms with Gasteiger partial charge in [-0.1, -0.05) is 18.2 Å². The van der Waals surface area contributed by atoms with Crippen molar-refractivity contribution in [1.29, 1.82) is 0 Å². The summed E-state index contributed by atoms with van der Waals surface area (Å²) in [5.74, 6) is -1.38. The van der Waals surface area contributed by atoms with Gasteiger partial charge in [-0.05, 0) is 51.3 Å². The minimum Gasteiger partial charge on any atom is -0.377 e. The highest BCUT2D eigenvalue weighted by Gasteiger charge is 2.20. The van der Waals surface area contributed by atoms with E-state index in [-0.39, 0.29) is 11.7 Å². The molecule has 148 valence electrons. The van der Waals surface area contributed by atoms with Gasteiger partial charge in [0.1, 0.15) is 5.69 Å². The molecule has 0 saturated heterocycles. The molecule has 0 aliphatic heterocycles. The van der Waals surface area contributed by atoms with Crippen LogP contribution in [0.3, 0.4) is 0 Å². The Kier molecular flexibility index (Phi) is 7.60. The fourth-order valence-corrected chi connectivity index (χ4v) is 3.91. The van der Waals surface area contributed by atoms with Crippen LogP contribution in [0.15, 0.2) is 52.3 Å². The molecule has 0 fully saturated rings. The van der Waals surface area contributed by atoms with Gasteiger partial charge in [-0.2, -0.15) is 0 Å². The molecule has 0 aromatic heterocycles. The van der Waals surface area contributed by atoms with Gasteiger partial charge in [0.15, 0.2) is 11.6 Å². The fraction of sp³-hybridized carbons (Fsp3) is 0.333. The molecule has 3 N–H and O–H groups in total. The molecule has 1 atom stereocenters. The molecule has 0 spiro atoms. The number of hydrogen-bond acceptors (Lipinski definition) is 5. The molecule has 0 aliphatic rings. The zero-order chi connectivity index (χ0) is 20.0. The van der Waals surface area contributed by atoms with E-state index in [1.54, 1.807) is 11.8 Å². The predicted octanol–water partition coefficient (Wildman–Crippen LogP) is 3.14. The lowest BCUT2D eigenvalue weighted by atomic mass is 10.2. The molecule has 0 saturated carbocycles. The van der Waals surface area contributed by atoms with Gasteiger partial charge in [0, 0.05) is 16.7 Å².